The number of nitrogens with zero attached hydrogens (tertiary/aromatic N) is 8. The van der Waals surface area contributed by atoms with E-state index in [4.69, 9.17) is 0 Å². The van der Waals surface area contributed by atoms with Gasteiger partial charge in [-0.3, -0.25) is 0 Å². The molecule has 0 saturated carbocycles. The average molecular weight is 484 g/mol. The molecule has 0 N–H and O–H groups in total. The fourth-order valence-corrected chi connectivity index (χ4v) is 4.44. The van der Waals surface area contributed by atoms with Gasteiger partial charge in [-0.05, 0) is 31.5 Å². The van der Waals surface area contributed by atoms with E-state index in [2.05, 4.69) is 20.2 Å². The summed E-state index contributed by atoms with van der Waals surface area (Å²) in [6, 6.07) is 3.89. The number of urea groups is 1. The van der Waals surface area contributed by atoms with Crippen molar-refractivity contribution in [2.45, 2.75) is 26.3 Å². The fourth-order valence-electron chi connectivity index (χ4n) is 4.44. The van der Waals surface area contributed by atoms with Crippen LogP contribution in [-0.4, -0.2) is 68.1 Å². The van der Waals surface area contributed by atoms with E-state index in [1.165, 1.54) is 17.1 Å². The van der Waals surface area contributed by atoms with Crippen molar-refractivity contribution in [1.82, 2.24) is 29.7 Å². The van der Waals surface area contributed by atoms with Crippen LogP contribution in [0.4, 0.5) is 23.7 Å². The van der Waals surface area contributed by atoms with Crippen molar-refractivity contribution in [3.8, 4) is 5.82 Å². The molecule has 0 radical (unpaired) electrons. The monoisotopic (exact) mass is 484 g/mol. The van der Waals surface area contributed by atoms with Gasteiger partial charge in [-0.1, -0.05) is 0 Å². The number of benzene rings is 1. The highest BCUT2D eigenvalue weighted by molar-refractivity contribution is 5.79. The highest BCUT2D eigenvalue weighted by Gasteiger charge is 2.34. The summed E-state index contributed by atoms with van der Waals surface area (Å²) in [5, 5.41) is 9.71. The first-order valence-electron chi connectivity index (χ1n) is 11.2. The third kappa shape index (κ3) is 4.43. The van der Waals surface area contributed by atoms with Crippen LogP contribution in [0, 0.1) is 31.3 Å². The van der Waals surface area contributed by atoms with E-state index in [0.717, 1.165) is 12.3 Å². The number of anilines is 1. The molecule has 5 rings (SSSR count). The van der Waals surface area contributed by atoms with Crippen molar-refractivity contribution < 1.29 is 18.0 Å². The molecule has 9 nitrogen and oxygen atoms in total. The summed E-state index contributed by atoms with van der Waals surface area (Å²) in [5.41, 5.74) is 0.707. The molecular weight excluding hydrogens is 461 g/mol. The summed E-state index contributed by atoms with van der Waals surface area (Å²) in [7, 11) is 0. The first kappa shape index (κ1) is 22.8. The lowest BCUT2D eigenvalue weighted by atomic mass is 10.0. The first-order chi connectivity index (χ1) is 16.8. The van der Waals surface area contributed by atoms with Crippen LogP contribution in [0.1, 0.15) is 29.7 Å². The number of hydrogen-bond acceptors (Lipinski definition) is 6. The molecule has 0 spiro atoms. The van der Waals surface area contributed by atoms with E-state index in [1.807, 2.05) is 4.90 Å². The molecule has 1 aromatic carbocycles. The number of amides is 2. The van der Waals surface area contributed by atoms with Gasteiger partial charge in [-0.15, -0.1) is 5.10 Å². The number of hydrazone groups is 1. The Hall–Kier alpha value is -3.96. The summed E-state index contributed by atoms with van der Waals surface area (Å²) in [5.74, 6) is -0.200. The van der Waals surface area contributed by atoms with E-state index in [0.29, 0.717) is 61.3 Å². The van der Waals surface area contributed by atoms with Crippen LogP contribution in [0.2, 0.25) is 0 Å². The second-order valence-electron chi connectivity index (χ2n) is 8.47. The molecule has 2 amide bonds. The molecule has 1 unspecified atom stereocenters. The molecule has 0 aliphatic carbocycles. The SMILES string of the molecule is Cc1nc(C)n(-c2cc(N3CCN(C(=O)N4N=CCC4c4cc(F)cc(F)c4)CC3)c(F)cn2)n1. The van der Waals surface area contributed by atoms with Gasteiger partial charge in [0.15, 0.2) is 11.6 Å². The largest absolute Gasteiger partial charge is 0.365 e. The van der Waals surface area contributed by atoms with Crippen LogP contribution < -0.4 is 4.90 Å². The summed E-state index contributed by atoms with van der Waals surface area (Å²) >= 11 is 0. The van der Waals surface area contributed by atoms with Crippen LogP contribution in [0.25, 0.3) is 5.82 Å². The average Bonchev–Trinajstić information content (AvgIpc) is 3.45. The number of pyridine rings is 1. The Kier molecular flexibility index (Phi) is 5.87. The van der Waals surface area contributed by atoms with Crippen molar-refractivity contribution in [2.24, 2.45) is 5.10 Å². The highest BCUT2D eigenvalue weighted by Crippen LogP contribution is 2.31. The second-order valence-corrected chi connectivity index (χ2v) is 8.47. The van der Waals surface area contributed by atoms with E-state index in [-0.39, 0.29) is 6.03 Å². The van der Waals surface area contributed by atoms with Gasteiger partial charge in [0.25, 0.3) is 0 Å². The predicted molar refractivity (Wildman–Crippen MR) is 122 cm³/mol. The Morgan fingerprint density at radius 2 is 1.71 bits per heavy atom. The van der Waals surface area contributed by atoms with Gasteiger partial charge in [-0.25, -0.2) is 32.9 Å². The van der Waals surface area contributed by atoms with Crippen molar-refractivity contribution in [1.29, 1.82) is 0 Å². The van der Waals surface area contributed by atoms with Crippen LogP contribution in [-0.2, 0) is 0 Å². The lowest BCUT2D eigenvalue weighted by Gasteiger charge is -2.38. The number of rotatable bonds is 3. The van der Waals surface area contributed by atoms with E-state index in [9.17, 15) is 18.0 Å². The van der Waals surface area contributed by atoms with E-state index in [1.54, 1.807) is 35.7 Å². The van der Waals surface area contributed by atoms with Gasteiger partial charge in [0.1, 0.15) is 23.3 Å². The molecule has 1 atom stereocenters. The maximum atomic E-state index is 14.7. The Labute approximate surface area is 199 Å². The molecule has 1 saturated heterocycles. The smallest absolute Gasteiger partial charge is 0.341 e. The zero-order valence-corrected chi connectivity index (χ0v) is 19.2. The van der Waals surface area contributed by atoms with Crippen molar-refractivity contribution >= 4 is 17.9 Å². The van der Waals surface area contributed by atoms with Crippen molar-refractivity contribution in [3.05, 3.63) is 65.1 Å². The third-order valence-electron chi connectivity index (χ3n) is 6.10. The predicted octanol–water partition coefficient (Wildman–Crippen LogP) is 3.37. The number of hydrogen-bond donors (Lipinski definition) is 0. The Balaban J connectivity index is 1.29. The quantitative estimate of drug-likeness (QED) is 0.569. The number of aryl methyl sites for hydroxylation is 2. The van der Waals surface area contributed by atoms with E-state index >= 15 is 0 Å². The summed E-state index contributed by atoms with van der Waals surface area (Å²) in [4.78, 5) is 25.0. The normalized spacial score (nSPS) is 18.0. The minimum absolute atomic E-state index is 0.327. The molecule has 2 aromatic heterocycles. The van der Waals surface area contributed by atoms with Gasteiger partial charge in [0, 0.05) is 50.9 Å². The topological polar surface area (TPSA) is 82.8 Å². The van der Waals surface area contributed by atoms with Gasteiger partial charge in [0.05, 0.1) is 17.9 Å². The molecule has 3 aromatic rings. The lowest BCUT2D eigenvalue weighted by Crippen LogP contribution is -2.52. The number of piperazine rings is 1. The number of carbonyl (C=O) groups excluding carboxylic acids is 1. The van der Waals surface area contributed by atoms with Crippen LogP contribution in [0.15, 0.2) is 35.6 Å². The van der Waals surface area contributed by atoms with Crippen LogP contribution in [0.3, 0.4) is 0 Å². The van der Waals surface area contributed by atoms with Crippen LogP contribution in [0.5, 0.6) is 0 Å². The molecule has 35 heavy (non-hydrogen) atoms. The summed E-state index contributed by atoms with van der Waals surface area (Å²) < 4.78 is 43.7. The van der Waals surface area contributed by atoms with Crippen molar-refractivity contribution in [2.75, 3.05) is 31.1 Å². The summed E-state index contributed by atoms with van der Waals surface area (Å²) in [6.07, 6.45) is 3.07. The Bertz CT molecular complexity index is 1280. The maximum Gasteiger partial charge on any atom is 0.341 e. The molecule has 182 valence electrons. The summed E-state index contributed by atoms with van der Waals surface area (Å²) in [6.45, 7) is 4.99. The highest BCUT2D eigenvalue weighted by atomic mass is 19.1. The number of carbonyl (C=O) groups is 1. The minimum Gasteiger partial charge on any atom is -0.365 e. The minimum atomic E-state index is -0.706. The Morgan fingerprint density at radius 1 is 1.00 bits per heavy atom. The molecule has 2 aliphatic heterocycles. The maximum absolute atomic E-state index is 14.7. The lowest BCUT2D eigenvalue weighted by molar-refractivity contribution is 0.139. The number of halogens is 3. The van der Waals surface area contributed by atoms with Crippen LogP contribution >= 0.6 is 0 Å². The zero-order chi connectivity index (χ0) is 24.7. The Morgan fingerprint density at radius 3 is 2.37 bits per heavy atom. The molecule has 4 heterocycles. The van der Waals surface area contributed by atoms with Gasteiger partial charge >= 0.3 is 6.03 Å². The third-order valence-corrected chi connectivity index (χ3v) is 6.10. The second kappa shape index (κ2) is 9.01. The van der Waals surface area contributed by atoms with Crippen molar-refractivity contribution in [3.63, 3.8) is 0 Å². The van der Waals surface area contributed by atoms with Gasteiger partial charge in [-0.2, -0.15) is 9.78 Å². The first-order valence-corrected chi connectivity index (χ1v) is 11.2. The van der Waals surface area contributed by atoms with Gasteiger partial charge < -0.3 is 9.80 Å². The molecule has 1 fully saturated rings. The zero-order valence-electron chi connectivity index (χ0n) is 19.2. The van der Waals surface area contributed by atoms with E-state index < -0.39 is 23.5 Å². The molecule has 0 bridgehead atoms. The number of aromatic nitrogens is 4. The standard InChI is InChI=1S/C23H23F3N8O/c1-14-29-15(2)33(30-14)22-12-21(19(26)13-27-22)31-5-7-32(8-6-31)23(35)34-20(3-4-28-34)16-9-17(24)11-18(25)10-16/h4,9-13,20H,3,5-8H2,1-2H3. The molecule has 2 aliphatic rings. The molecule has 12 heteroatoms. The fraction of sp³-hybridized carbons (Fsp3) is 0.348. The van der Waals surface area contributed by atoms with Gasteiger partial charge in [0.2, 0.25) is 0 Å². The molecular formula is C23H23F3N8O.